The van der Waals surface area contributed by atoms with Crippen LogP contribution in [0.15, 0.2) is 61.1 Å². The molecule has 29 heavy (non-hydrogen) atoms. The van der Waals surface area contributed by atoms with E-state index < -0.39 is 0 Å². The molecule has 0 radical (unpaired) electrons. The Morgan fingerprint density at radius 2 is 1.86 bits per heavy atom. The number of ether oxygens (including phenoxy) is 1. The summed E-state index contributed by atoms with van der Waals surface area (Å²) >= 11 is 0. The second-order valence-electron chi connectivity index (χ2n) is 7.49. The lowest BCUT2D eigenvalue weighted by molar-refractivity contribution is 0.0984. The first-order valence-electron chi connectivity index (χ1n) is 9.72. The van der Waals surface area contributed by atoms with Gasteiger partial charge in [-0.1, -0.05) is 19.9 Å². The zero-order valence-electron chi connectivity index (χ0n) is 17.4. The Bertz CT molecular complexity index is 920. The number of hydrogen-bond acceptors (Lipinski definition) is 4. The molecule has 6 nitrogen and oxygen atoms in total. The lowest BCUT2D eigenvalue weighted by Gasteiger charge is -2.27. The molecule has 3 rings (SSSR count). The molecule has 0 atom stereocenters. The number of nitrogens with zero attached hydrogens (tertiary/aromatic N) is 3. The first-order chi connectivity index (χ1) is 14.0. The number of anilines is 2. The minimum absolute atomic E-state index is 0.0188. The van der Waals surface area contributed by atoms with Gasteiger partial charge in [0.05, 0.1) is 25.7 Å². The number of rotatable bonds is 8. The number of hydrogen-bond donors (Lipinski definition) is 1. The van der Waals surface area contributed by atoms with Crippen molar-refractivity contribution in [3.8, 4) is 5.75 Å². The molecule has 0 bridgehead atoms. The van der Waals surface area contributed by atoms with E-state index in [-0.39, 0.29) is 5.91 Å². The molecule has 3 aromatic rings. The first-order valence-corrected chi connectivity index (χ1v) is 9.72. The fourth-order valence-corrected chi connectivity index (χ4v) is 3.18. The van der Waals surface area contributed by atoms with Crippen LogP contribution in [0.4, 0.5) is 11.4 Å². The Hall–Kier alpha value is -3.28. The van der Waals surface area contributed by atoms with Crippen molar-refractivity contribution >= 4 is 17.3 Å². The molecular formula is C23H28N4O2. The minimum atomic E-state index is -0.0188. The lowest BCUT2D eigenvalue weighted by Crippen LogP contribution is -2.34. The van der Waals surface area contributed by atoms with Gasteiger partial charge in [0.25, 0.3) is 5.91 Å². The highest BCUT2D eigenvalue weighted by Crippen LogP contribution is 2.25. The lowest BCUT2D eigenvalue weighted by atomic mass is 10.1. The molecule has 0 saturated carbocycles. The normalized spacial score (nSPS) is 10.8. The zero-order valence-corrected chi connectivity index (χ0v) is 17.4. The third kappa shape index (κ3) is 5.16. The second kappa shape index (κ2) is 9.28. The third-order valence-electron chi connectivity index (χ3n) is 4.67. The van der Waals surface area contributed by atoms with Crippen LogP contribution in [0.3, 0.4) is 0 Å². The Labute approximate surface area is 172 Å². The quantitative estimate of drug-likeness (QED) is 0.619. The third-order valence-corrected chi connectivity index (χ3v) is 4.67. The fraction of sp³-hybridized carbons (Fsp3) is 0.304. The van der Waals surface area contributed by atoms with Gasteiger partial charge in [-0.25, -0.2) is 4.98 Å². The summed E-state index contributed by atoms with van der Waals surface area (Å²) in [5.41, 5.74) is 3.59. The molecule has 0 spiro atoms. The Morgan fingerprint density at radius 1 is 1.14 bits per heavy atom. The van der Waals surface area contributed by atoms with Gasteiger partial charge in [-0.05, 0) is 48.4 Å². The van der Waals surface area contributed by atoms with Gasteiger partial charge in [0.2, 0.25) is 0 Å². The average Bonchev–Trinajstić information content (AvgIpc) is 3.24. The summed E-state index contributed by atoms with van der Waals surface area (Å²) in [4.78, 5) is 24.4. The van der Waals surface area contributed by atoms with Crippen LogP contribution in [0.2, 0.25) is 0 Å². The molecule has 0 aliphatic carbocycles. The van der Waals surface area contributed by atoms with Crippen molar-refractivity contribution in [3.63, 3.8) is 0 Å². The number of aromatic nitrogens is 2. The minimum Gasteiger partial charge on any atom is -0.497 e. The summed E-state index contributed by atoms with van der Waals surface area (Å²) in [6, 6.07) is 15.3. The fourth-order valence-electron chi connectivity index (χ4n) is 3.18. The van der Waals surface area contributed by atoms with Gasteiger partial charge in [0.1, 0.15) is 5.75 Å². The van der Waals surface area contributed by atoms with E-state index in [2.05, 4.69) is 34.8 Å². The maximum atomic E-state index is 13.3. The van der Waals surface area contributed by atoms with Crippen LogP contribution in [0.5, 0.6) is 5.75 Å². The number of carbonyl (C=O) groups excluding carboxylic acids is 1. The Balaban J connectivity index is 1.86. The van der Waals surface area contributed by atoms with E-state index in [1.54, 1.807) is 13.4 Å². The predicted molar refractivity (Wildman–Crippen MR) is 117 cm³/mol. The van der Waals surface area contributed by atoms with Gasteiger partial charge in [0.15, 0.2) is 0 Å². The van der Waals surface area contributed by atoms with E-state index in [0.29, 0.717) is 24.6 Å². The molecule has 152 valence electrons. The second-order valence-corrected chi connectivity index (χ2v) is 7.49. The Morgan fingerprint density at radius 3 is 2.48 bits per heavy atom. The number of carbonyl (C=O) groups is 1. The maximum Gasteiger partial charge on any atom is 0.258 e. The van der Waals surface area contributed by atoms with Gasteiger partial charge >= 0.3 is 0 Å². The SMILES string of the molecule is COc1ccc(C(=O)N(CC(C)C)c2cccc(N(C)Cc3cnc[nH]3)c2)cc1. The van der Waals surface area contributed by atoms with Crippen LogP contribution in [-0.4, -0.2) is 36.6 Å². The van der Waals surface area contributed by atoms with E-state index in [1.165, 1.54) is 0 Å². The highest BCUT2D eigenvalue weighted by molar-refractivity contribution is 6.06. The van der Waals surface area contributed by atoms with Crippen LogP contribution < -0.4 is 14.5 Å². The largest absolute Gasteiger partial charge is 0.497 e. The standard InChI is InChI=1S/C23H28N4O2/c1-17(2)14-27(23(28)18-8-10-22(29-4)11-9-18)21-7-5-6-20(12-21)26(3)15-19-13-24-16-25-19/h5-13,16-17H,14-15H2,1-4H3,(H,24,25). The van der Waals surface area contributed by atoms with Crippen LogP contribution >= 0.6 is 0 Å². The van der Waals surface area contributed by atoms with Gasteiger partial charge in [-0.3, -0.25) is 4.79 Å². The van der Waals surface area contributed by atoms with E-state index in [9.17, 15) is 4.79 Å². The first kappa shape index (κ1) is 20.5. The average molecular weight is 393 g/mol. The van der Waals surface area contributed by atoms with E-state index in [1.807, 2.05) is 60.6 Å². The summed E-state index contributed by atoms with van der Waals surface area (Å²) in [6.07, 6.45) is 3.50. The van der Waals surface area contributed by atoms with Crippen molar-refractivity contribution in [1.29, 1.82) is 0 Å². The number of nitrogens with one attached hydrogen (secondary N) is 1. The van der Waals surface area contributed by atoms with Crippen LogP contribution in [0, 0.1) is 5.92 Å². The summed E-state index contributed by atoms with van der Waals surface area (Å²) in [5, 5.41) is 0. The number of benzene rings is 2. The van der Waals surface area contributed by atoms with E-state index in [4.69, 9.17) is 4.74 Å². The molecule has 2 aromatic carbocycles. The molecule has 1 aromatic heterocycles. The van der Waals surface area contributed by atoms with Gasteiger partial charge in [0, 0.05) is 36.7 Å². The maximum absolute atomic E-state index is 13.3. The highest BCUT2D eigenvalue weighted by Gasteiger charge is 2.20. The smallest absolute Gasteiger partial charge is 0.258 e. The molecule has 0 aliphatic heterocycles. The van der Waals surface area contributed by atoms with Crippen molar-refractivity contribution in [1.82, 2.24) is 9.97 Å². The molecule has 0 unspecified atom stereocenters. The van der Waals surface area contributed by atoms with Gasteiger partial charge in [-0.15, -0.1) is 0 Å². The van der Waals surface area contributed by atoms with Gasteiger partial charge in [-0.2, -0.15) is 0 Å². The summed E-state index contributed by atoms with van der Waals surface area (Å²) in [6.45, 7) is 5.57. The van der Waals surface area contributed by atoms with E-state index in [0.717, 1.165) is 22.8 Å². The monoisotopic (exact) mass is 392 g/mol. The van der Waals surface area contributed by atoms with E-state index >= 15 is 0 Å². The number of methoxy groups -OCH3 is 1. The zero-order chi connectivity index (χ0) is 20.8. The molecule has 1 amide bonds. The summed E-state index contributed by atoms with van der Waals surface area (Å²) < 4.78 is 5.21. The highest BCUT2D eigenvalue weighted by atomic mass is 16.5. The molecule has 1 heterocycles. The molecule has 0 aliphatic rings. The summed E-state index contributed by atoms with van der Waals surface area (Å²) in [5.74, 6) is 1.05. The number of aromatic amines is 1. The molecule has 6 heteroatoms. The van der Waals surface area contributed by atoms with Crippen molar-refractivity contribution in [2.75, 3.05) is 30.5 Å². The topological polar surface area (TPSA) is 61.5 Å². The van der Waals surface area contributed by atoms with Crippen LogP contribution in [0.25, 0.3) is 0 Å². The molecular weight excluding hydrogens is 364 g/mol. The molecule has 1 N–H and O–H groups in total. The van der Waals surface area contributed by atoms with Gasteiger partial charge < -0.3 is 19.5 Å². The number of amides is 1. The van der Waals surface area contributed by atoms with Crippen molar-refractivity contribution in [3.05, 3.63) is 72.3 Å². The van der Waals surface area contributed by atoms with Crippen molar-refractivity contribution in [2.45, 2.75) is 20.4 Å². The predicted octanol–water partition coefficient (Wildman–Crippen LogP) is 4.36. The van der Waals surface area contributed by atoms with Crippen LogP contribution in [0.1, 0.15) is 29.9 Å². The molecule has 0 fully saturated rings. The molecule has 0 saturated heterocycles. The summed E-state index contributed by atoms with van der Waals surface area (Å²) in [7, 11) is 3.64. The van der Waals surface area contributed by atoms with Crippen LogP contribution in [-0.2, 0) is 6.54 Å². The number of H-pyrrole nitrogens is 1. The van der Waals surface area contributed by atoms with Crippen molar-refractivity contribution < 1.29 is 9.53 Å². The number of imidazole rings is 1. The Kier molecular flexibility index (Phi) is 6.54. The van der Waals surface area contributed by atoms with Crippen molar-refractivity contribution in [2.24, 2.45) is 5.92 Å².